The second kappa shape index (κ2) is 8.44. The highest BCUT2D eigenvalue weighted by Gasteiger charge is 2.32. The van der Waals surface area contributed by atoms with Gasteiger partial charge in [0.2, 0.25) is 0 Å². The minimum absolute atomic E-state index is 0.161. The number of amides is 3. The van der Waals surface area contributed by atoms with Crippen LogP contribution in [0.15, 0.2) is 36.4 Å². The van der Waals surface area contributed by atoms with Crippen LogP contribution in [-0.4, -0.2) is 95.1 Å². The van der Waals surface area contributed by atoms with Crippen LogP contribution >= 0.6 is 0 Å². The Balaban J connectivity index is 1.33. The van der Waals surface area contributed by atoms with Crippen LogP contribution < -0.4 is 0 Å². The maximum absolute atomic E-state index is 12.8. The van der Waals surface area contributed by atoms with Crippen LogP contribution in [0.1, 0.15) is 10.5 Å². The zero-order valence-electron chi connectivity index (χ0n) is 16.0. The lowest BCUT2D eigenvalue weighted by atomic mass is 10.1. The summed E-state index contributed by atoms with van der Waals surface area (Å²) in [6.45, 7) is 3.20. The van der Waals surface area contributed by atoms with E-state index in [0.29, 0.717) is 63.9 Å². The molecular weight excluding hydrogens is 374 g/mol. The van der Waals surface area contributed by atoms with Crippen molar-refractivity contribution in [1.82, 2.24) is 24.9 Å². The number of aromatic nitrogens is 2. The van der Waals surface area contributed by atoms with Gasteiger partial charge < -0.3 is 19.4 Å². The van der Waals surface area contributed by atoms with Crippen molar-refractivity contribution in [2.45, 2.75) is 0 Å². The zero-order chi connectivity index (χ0) is 20.2. The highest BCUT2D eigenvalue weighted by molar-refractivity contribution is 6.34. The summed E-state index contributed by atoms with van der Waals surface area (Å²) < 4.78 is 5.22. The van der Waals surface area contributed by atoms with Crippen LogP contribution in [0.3, 0.4) is 0 Å². The number of morpholine rings is 1. The fourth-order valence-electron chi connectivity index (χ4n) is 3.51. The number of hydrogen-bond donors (Lipinski definition) is 1. The van der Waals surface area contributed by atoms with Gasteiger partial charge in [-0.1, -0.05) is 30.3 Å². The van der Waals surface area contributed by atoms with Crippen molar-refractivity contribution in [3.05, 3.63) is 42.1 Å². The number of ether oxygens (including phenoxy) is 1. The molecule has 152 valence electrons. The van der Waals surface area contributed by atoms with Gasteiger partial charge in [-0.15, -0.1) is 0 Å². The molecule has 0 spiro atoms. The monoisotopic (exact) mass is 397 g/mol. The van der Waals surface area contributed by atoms with Crippen molar-refractivity contribution in [3.63, 3.8) is 0 Å². The number of aromatic amines is 1. The van der Waals surface area contributed by atoms with E-state index in [1.54, 1.807) is 11.0 Å². The Bertz CT molecular complexity index is 883. The van der Waals surface area contributed by atoms with Crippen LogP contribution in [0, 0.1) is 0 Å². The third kappa shape index (κ3) is 4.14. The molecule has 2 aliphatic heterocycles. The lowest BCUT2D eigenvalue weighted by molar-refractivity contribution is -0.154. The van der Waals surface area contributed by atoms with Crippen LogP contribution in [0.25, 0.3) is 11.3 Å². The number of H-pyrrole nitrogens is 1. The number of carbonyl (C=O) groups excluding carboxylic acids is 3. The van der Waals surface area contributed by atoms with Crippen LogP contribution in [0.4, 0.5) is 0 Å². The van der Waals surface area contributed by atoms with E-state index >= 15 is 0 Å². The van der Waals surface area contributed by atoms with Gasteiger partial charge in [0.05, 0.1) is 18.9 Å². The number of nitrogens with zero attached hydrogens (tertiary/aromatic N) is 4. The third-order valence-electron chi connectivity index (χ3n) is 5.21. The van der Waals surface area contributed by atoms with E-state index in [2.05, 4.69) is 10.2 Å². The molecule has 0 unspecified atom stereocenters. The number of nitrogens with one attached hydrogen (secondary N) is 1. The zero-order valence-corrected chi connectivity index (χ0v) is 16.0. The van der Waals surface area contributed by atoms with E-state index in [-0.39, 0.29) is 5.91 Å². The van der Waals surface area contributed by atoms with Gasteiger partial charge in [0.25, 0.3) is 5.91 Å². The number of carbonyl (C=O) groups is 3. The van der Waals surface area contributed by atoms with Gasteiger partial charge in [0, 0.05) is 44.8 Å². The molecule has 9 nitrogen and oxygen atoms in total. The third-order valence-corrected chi connectivity index (χ3v) is 5.21. The molecule has 9 heteroatoms. The predicted octanol–water partition coefficient (Wildman–Crippen LogP) is 0.220. The molecule has 1 aromatic carbocycles. The maximum atomic E-state index is 12.8. The predicted molar refractivity (Wildman–Crippen MR) is 104 cm³/mol. The minimum Gasteiger partial charge on any atom is -0.378 e. The Morgan fingerprint density at radius 1 is 0.828 bits per heavy atom. The molecule has 0 bridgehead atoms. The first kappa shape index (κ1) is 19.1. The molecule has 0 saturated carbocycles. The number of benzene rings is 1. The lowest BCUT2D eigenvalue weighted by Crippen LogP contribution is -2.55. The highest BCUT2D eigenvalue weighted by atomic mass is 16.5. The highest BCUT2D eigenvalue weighted by Crippen LogP contribution is 2.18. The molecule has 3 amide bonds. The van der Waals surface area contributed by atoms with E-state index in [4.69, 9.17) is 4.74 Å². The van der Waals surface area contributed by atoms with E-state index in [9.17, 15) is 14.4 Å². The van der Waals surface area contributed by atoms with Crippen LogP contribution in [0.5, 0.6) is 0 Å². The fraction of sp³-hybridized carbons (Fsp3) is 0.400. The molecule has 2 saturated heterocycles. The maximum Gasteiger partial charge on any atom is 0.312 e. The topological polar surface area (TPSA) is 98.8 Å². The Morgan fingerprint density at radius 2 is 1.41 bits per heavy atom. The molecule has 4 rings (SSSR count). The molecule has 0 radical (unpaired) electrons. The summed E-state index contributed by atoms with van der Waals surface area (Å²) in [5.74, 6) is -1.16. The molecule has 1 aromatic heterocycles. The smallest absolute Gasteiger partial charge is 0.312 e. The van der Waals surface area contributed by atoms with E-state index in [1.165, 1.54) is 9.80 Å². The Morgan fingerprint density at radius 3 is 2.07 bits per heavy atom. The molecule has 3 heterocycles. The number of hydrogen-bond acceptors (Lipinski definition) is 5. The summed E-state index contributed by atoms with van der Waals surface area (Å²) in [5.41, 5.74) is 2.05. The minimum atomic E-state index is -0.507. The normalized spacial score (nSPS) is 17.3. The molecule has 1 N–H and O–H groups in total. The van der Waals surface area contributed by atoms with Crippen molar-refractivity contribution < 1.29 is 19.1 Å². The molecule has 29 heavy (non-hydrogen) atoms. The van der Waals surface area contributed by atoms with Crippen molar-refractivity contribution in [3.8, 4) is 11.3 Å². The van der Waals surface area contributed by atoms with Gasteiger partial charge in [-0.05, 0) is 6.07 Å². The largest absolute Gasteiger partial charge is 0.378 e. The summed E-state index contributed by atoms with van der Waals surface area (Å²) in [5, 5.41) is 7.03. The fourth-order valence-corrected chi connectivity index (χ4v) is 3.51. The van der Waals surface area contributed by atoms with Gasteiger partial charge in [0.15, 0.2) is 0 Å². The quantitative estimate of drug-likeness (QED) is 0.731. The second-order valence-electron chi connectivity index (χ2n) is 7.02. The van der Waals surface area contributed by atoms with Crippen molar-refractivity contribution in [2.24, 2.45) is 0 Å². The average molecular weight is 397 g/mol. The standard InChI is InChI=1S/C20H23N5O4/c26-18(17-14-16(21-22-17)15-4-2-1-3-5-15)23-6-8-24(9-7-23)19(27)20(28)25-10-12-29-13-11-25/h1-5,14H,6-13H2,(H,21,22). The first-order valence-electron chi connectivity index (χ1n) is 9.69. The van der Waals surface area contributed by atoms with Gasteiger partial charge in [-0.25, -0.2) is 0 Å². The summed E-state index contributed by atoms with van der Waals surface area (Å²) >= 11 is 0. The Hall–Kier alpha value is -3.20. The van der Waals surface area contributed by atoms with Gasteiger partial charge >= 0.3 is 11.8 Å². The summed E-state index contributed by atoms with van der Waals surface area (Å²) in [6, 6.07) is 11.4. The van der Waals surface area contributed by atoms with E-state index in [0.717, 1.165) is 5.56 Å². The molecule has 0 aliphatic carbocycles. The van der Waals surface area contributed by atoms with Crippen LogP contribution in [0.2, 0.25) is 0 Å². The summed E-state index contributed by atoms with van der Waals surface area (Å²) in [4.78, 5) is 42.3. The van der Waals surface area contributed by atoms with E-state index in [1.807, 2.05) is 30.3 Å². The lowest BCUT2D eigenvalue weighted by Gasteiger charge is -2.35. The number of rotatable bonds is 2. The first-order valence-corrected chi connectivity index (χ1v) is 9.69. The molecule has 2 aliphatic rings. The average Bonchev–Trinajstić information content (AvgIpc) is 3.29. The summed E-state index contributed by atoms with van der Waals surface area (Å²) in [6.07, 6.45) is 0. The molecule has 2 aromatic rings. The van der Waals surface area contributed by atoms with Crippen molar-refractivity contribution in [1.29, 1.82) is 0 Å². The van der Waals surface area contributed by atoms with Crippen molar-refractivity contribution in [2.75, 3.05) is 52.5 Å². The van der Waals surface area contributed by atoms with Gasteiger partial charge in [0.1, 0.15) is 5.69 Å². The SMILES string of the molecule is O=C(C(=O)N1CCN(C(=O)c2cc(-c3ccccc3)n[nH]2)CC1)N1CCOCC1. The molecular formula is C20H23N5O4. The van der Waals surface area contributed by atoms with Gasteiger partial charge in [-0.3, -0.25) is 19.5 Å². The second-order valence-corrected chi connectivity index (χ2v) is 7.02. The first-order chi connectivity index (χ1) is 14.1. The van der Waals surface area contributed by atoms with Crippen LogP contribution in [-0.2, 0) is 14.3 Å². The molecule has 0 atom stereocenters. The van der Waals surface area contributed by atoms with Gasteiger partial charge in [-0.2, -0.15) is 5.10 Å². The Kier molecular flexibility index (Phi) is 5.57. The Labute approximate surface area is 168 Å². The summed E-state index contributed by atoms with van der Waals surface area (Å²) in [7, 11) is 0. The molecule has 2 fully saturated rings. The van der Waals surface area contributed by atoms with Crippen molar-refractivity contribution >= 4 is 17.7 Å². The van der Waals surface area contributed by atoms with E-state index < -0.39 is 11.8 Å². The number of piperazine rings is 1.